The summed E-state index contributed by atoms with van der Waals surface area (Å²) in [5, 5.41) is 6.72. The standard InChI is InChI=1S/C53H33N3O/c1-4-13-34(14-5-1)37-19-12-20-41(32-37)51-54-52(42-26-28-44-40(33-42)24-23-39-31-38(25-27-43(39)44)35-15-6-2-7-16-35)56-53(55-51)47-30-29-45(36-17-8-3-9-18-36)50-49(47)46-21-10-11-22-48(46)57-50/h1-33H. The lowest BCUT2D eigenvalue weighted by atomic mass is 9.96. The van der Waals surface area contributed by atoms with Gasteiger partial charge < -0.3 is 4.42 Å². The molecule has 266 valence electrons. The Hall–Kier alpha value is -7.69. The molecule has 0 aliphatic heterocycles. The lowest BCUT2D eigenvalue weighted by Gasteiger charge is -2.12. The SMILES string of the molecule is c1ccc(-c2cccc(-c3nc(-c4ccc5c(ccc6cc(-c7ccccc7)ccc65)c4)nc(-c4ccc(-c5ccccc5)c5oc6ccccc6c45)n3)c2)cc1. The summed E-state index contributed by atoms with van der Waals surface area (Å²) in [6.45, 7) is 0. The second kappa shape index (κ2) is 13.6. The van der Waals surface area contributed by atoms with Crippen molar-refractivity contribution in [3.05, 3.63) is 200 Å². The third-order valence-electron chi connectivity index (χ3n) is 10.9. The topological polar surface area (TPSA) is 51.8 Å². The average molecular weight is 728 g/mol. The van der Waals surface area contributed by atoms with Gasteiger partial charge in [0, 0.05) is 33.0 Å². The second-order valence-electron chi connectivity index (χ2n) is 14.4. The third kappa shape index (κ3) is 5.83. The van der Waals surface area contributed by atoms with E-state index >= 15 is 0 Å². The molecule has 0 aliphatic carbocycles. The molecule has 4 heteroatoms. The van der Waals surface area contributed by atoms with Crippen molar-refractivity contribution < 1.29 is 4.42 Å². The Balaban J connectivity index is 1.11. The van der Waals surface area contributed by atoms with E-state index in [4.69, 9.17) is 19.4 Å². The highest BCUT2D eigenvalue weighted by atomic mass is 16.3. The molecule has 0 radical (unpaired) electrons. The zero-order valence-electron chi connectivity index (χ0n) is 30.8. The van der Waals surface area contributed by atoms with Crippen LogP contribution in [0.1, 0.15) is 0 Å². The van der Waals surface area contributed by atoms with E-state index < -0.39 is 0 Å². The Morgan fingerprint density at radius 3 is 1.47 bits per heavy atom. The molecule has 11 rings (SSSR count). The minimum absolute atomic E-state index is 0.586. The fourth-order valence-electron chi connectivity index (χ4n) is 8.10. The van der Waals surface area contributed by atoms with Crippen molar-refractivity contribution >= 4 is 43.5 Å². The summed E-state index contributed by atoms with van der Waals surface area (Å²) in [5.41, 5.74) is 11.1. The quantitative estimate of drug-likeness (QED) is 0.160. The normalized spacial score (nSPS) is 11.5. The zero-order chi connectivity index (χ0) is 37.7. The largest absolute Gasteiger partial charge is 0.455 e. The molecule has 0 saturated carbocycles. The molecule has 11 aromatic rings. The number of hydrogen-bond donors (Lipinski definition) is 0. The molecule has 0 bridgehead atoms. The molecule has 0 unspecified atom stereocenters. The van der Waals surface area contributed by atoms with E-state index in [1.54, 1.807) is 0 Å². The molecule has 0 spiro atoms. The Kier molecular flexibility index (Phi) is 7.78. The number of rotatable bonds is 6. The molecule has 0 saturated heterocycles. The molecule has 4 nitrogen and oxygen atoms in total. The van der Waals surface area contributed by atoms with Crippen LogP contribution in [0.4, 0.5) is 0 Å². The average Bonchev–Trinajstić information content (AvgIpc) is 3.69. The predicted molar refractivity (Wildman–Crippen MR) is 235 cm³/mol. The van der Waals surface area contributed by atoms with Crippen molar-refractivity contribution in [3.8, 4) is 67.5 Å². The number of nitrogens with zero attached hydrogens (tertiary/aromatic N) is 3. The van der Waals surface area contributed by atoms with E-state index in [0.717, 1.165) is 66.3 Å². The van der Waals surface area contributed by atoms with E-state index in [2.05, 4.69) is 176 Å². The van der Waals surface area contributed by atoms with Gasteiger partial charge in [-0.15, -0.1) is 0 Å². The summed E-state index contributed by atoms with van der Waals surface area (Å²) in [7, 11) is 0. The maximum atomic E-state index is 6.64. The van der Waals surface area contributed by atoms with Crippen molar-refractivity contribution in [3.63, 3.8) is 0 Å². The van der Waals surface area contributed by atoms with E-state index in [1.807, 2.05) is 24.3 Å². The highest BCUT2D eigenvalue weighted by molar-refractivity contribution is 6.16. The van der Waals surface area contributed by atoms with Crippen molar-refractivity contribution in [2.45, 2.75) is 0 Å². The van der Waals surface area contributed by atoms with E-state index in [1.165, 1.54) is 27.3 Å². The summed E-state index contributed by atoms with van der Waals surface area (Å²) in [5.74, 6) is 1.80. The van der Waals surface area contributed by atoms with Crippen LogP contribution in [0.15, 0.2) is 205 Å². The van der Waals surface area contributed by atoms with E-state index in [9.17, 15) is 0 Å². The van der Waals surface area contributed by atoms with Gasteiger partial charge >= 0.3 is 0 Å². The fourth-order valence-corrected chi connectivity index (χ4v) is 8.10. The van der Waals surface area contributed by atoms with Crippen molar-refractivity contribution in [1.29, 1.82) is 0 Å². The van der Waals surface area contributed by atoms with Crippen molar-refractivity contribution in [1.82, 2.24) is 15.0 Å². The summed E-state index contributed by atoms with van der Waals surface area (Å²) >= 11 is 0. The lowest BCUT2D eigenvalue weighted by molar-refractivity contribution is 0.670. The molecule has 0 aliphatic rings. The smallest absolute Gasteiger partial charge is 0.164 e. The molecule has 0 amide bonds. The first-order valence-corrected chi connectivity index (χ1v) is 19.2. The Bertz CT molecular complexity index is 3280. The monoisotopic (exact) mass is 727 g/mol. The van der Waals surface area contributed by atoms with Gasteiger partial charge in [0.05, 0.1) is 0 Å². The van der Waals surface area contributed by atoms with Gasteiger partial charge in [-0.2, -0.15) is 0 Å². The van der Waals surface area contributed by atoms with Crippen LogP contribution in [-0.2, 0) is 0 Å². The summed E-state index contributed by atoms with van der Waals surface area (Å²) in [4.78, 5) is 15.7. The van der Waals surface area contributed by atoms with E-state index in [-0.39, 0.29) is 0 Å². The summed E-state index contributed by atoms with van der Waals surface area (Å²) in [6, 6.07) is 69.9. The minimum atomic E-state index is 0.586. The van der Waals surface area contributed by atoms with Gasteiger partial charge in [-0.3, -0.25) is 0 Å². The lowest BCUT2D eigenvalue weighted by Crippen LogP contribution is -2.01. The summed E-state index contributed by atoms with van der Waals surface area (Å²) < 4.78 is 6.64. The molecule has 2 heterocycles. The van der Waals surface area contributed by atoms with Gasteiger partial charge in [-0.1, -0.05) is 164 Å². The Labute approximate surface area is 329 Å². The molecular formula is C53H33N3O. The number of fused-ring (bicyclic) bond motifs is 6. The van der Waals surface area contributed by atoms with Gasteiger partial charge in [0.15, 0.2) is 17.5 Å². The molecule has 0 fully saturated rings. The molecule has 2 aromatic heterocycles. The Morgan fingerprint density at radius 1 is 0.298 bits per heavy atom. The van der Waals surface area contributed by atoms with Gasteiger partial charge in [0.25, 0.3) is 0 Å². The maximum absolute atomic E-state index is 6.64. The molecule has 0 N–H and O–H groups in total. The fraction of sp³-hybridized carbons (Fsp3) is 0. The van der Waals surface area contributed by atoms with Crippen LogP contribution in [0.25, 0.3) is 111 Å². The first-order chi connectivity index (χ1) is 28.2. The maximum Gasteiger partial charge on any atom is 0.164 e. The number of aromatic nitrogens is 3. The van der Waals surface area contributed by atoms with Crippen LogP contribution in [0.5, 0.6) is 0 Å². The predicted octanol–water partition coefficient (Wildman–Crippen LogP) is 14.1. The molecular weight excluding hydrogens is 695 g/mol. The van der Waals surface area contributed by atoms with Gasteiger partial charge in [0.2, 0.25) is 0 Å². The summed E-state index contributed by atoms with van der Waals surface area (Å²) in [6.07, 6.45) is 0. The van der Waals surface area contributed by atoms with E-state index in [0.29, 0.717) is 17.5 Å². The number of hydrogen-bond acceptors (Lipinski definition) is 4. The van der Waals surface area contributed by atoms with Crippen LogP contribution in [0, 0.1) is 0 Å². The van der Waals surface area contributed by atoms with Gasteiger partial charge in [0.1, 0.15) is 11.2 Å². The van der Waals surface area contributed by atoms with Crippen LogP contribution >= 0.6 is 0 Å². The first kappa shape index (κ1) is 32.7. The Morgan fingerprint density at radius 2 is 0.789 bits per heavy atom. The molecule has 9 aromatic carbocycles. The molecule has 57 heavy (non-hydrogen) atoms. The van der Waals surface area contributed by atoms with Crippen molar-refractivity contribution in [2.24, 2.45) is 0 Å². The third-order valence-corrected chi connectivity index (χ3v) is 10.9. The second-order valence-corrected chi connectivity index (χ2v) is 14.4. The van der Waals surface area contributed by atoms with Crippen LogP contribution < -0.4 is 0 Å². The van der Waals surface area contributed by atoms with Crippen LogP contribution in [-0.4, -0.2) is 15.0 Å². The zero-order valence-corrected chi connectivity index (χ0v) is 30.8. The highest BCUT2D eigenvalue weighted by Crippen LogP contribution is 2.42. The minimum Gasteiger partial charge on any atom is -0.455 e. The van der Waals surface area contributed by atoms with Gasteiger partial charge in [-0.05, 0) is 85.8 Å². The van der Waals surface area contributed by atoms with Crippen molar-refractivity contribution in [2.75, 3.05) is 0 Å². The van der Waals surface area contributed by atoms with Gasteiger partial charge in [-0.25, -0.2) is 15.0 Å². The molecule has 0 atom stereocenters. The number of para-hydroxylation sites is 1. The van der Waals surface area contributed by atoms with Crippen LogP contribution in [0.2, 0.25) is 0 Å². The number of benzene rings is 9. The number of furan rings is 1. The first-order valence-electron chi connectivity index (χ1n) is 19.2. The highest BCUT2D eigenvalue weighted by Gasteiger charge is 2.21. The van der Waals surface area contributed by atoms with Crippen LogP contribution in [0.3, 0.4) is 0 Å².